The van der Waals surface area contributed by atoms with Gasteiger partial charge in [0.05, 0.1) is 6.04 Å². The second-order valence-corrected chi connectivity index (χ2v) is 6.30. The summed E-state index contributed by atoms with van der Waals surface area (Å²) in [7, 11) is 0. The number of carbonyl (C=O) groups is 1. The smallest absolute Gasteiger partial charge is 0.241 e. The van der Waals surface area contributed by atoms with E-state index in [4.69, 9.17) is 4.52 Å². The molecular weight excluding hydrogens is 292 g/mol. The highest BCUT2D eigenvalue weighted by atomic mass is 16.5. The van der Waals surface area contributed by atoms with Crippen LogP contribution in [0.25, 0.3) is 11.4 Å². The number of benzene rings is 1. The molecule has 2 aliphatic rings. The fourth-order valence-electron chi connectivity index (χ4n) is 2.89. The monoisotopic (exact) mass is 312 g/mol. The van der Waals surface area contributed by atoms with Crippen LogP contribution in [0.1, 0.15) is 43.9 Å². The Bertz CT molecular complexity index is 702. The van der Waals surface area contributed by atoms with Crippen LogP contribution in [0, 0.1) is 0 Å². The van der Waals surface area contributed by atoms with Gasteiger partial charge in [-0.3, -0.25) is 4.79 Å². The maximum atomic E-state index is 12.3. The molecule has 1 saturated carbocycles. The van der Waals surface area contributed by atoms with Crippen LogP contribution in [0.3, 0.4) is 0 Å². The zero-order valence-corrected chi connectivity index (χ0v) is 12.9. The number of rotatable bonds is 4. The van der Waals surface area contributed by atoms with Crippen molar-refractivity contribution in [2.24, 2.45) is 0 Å². The largest absolute Gasteiger partial charge is 0.339 e. The van der Waals surface area contributed by atoms with Gasteiger partial charge in [-0.15, -0.1) is 0 Å². The summed E-state index contributed by atoms with van der Waals surface area (Å²) in [5.41, 5.74) is 1.62. The standard InChI is InChI=1S/C17H20N4O2/c22-16(14-6-1-2-9-18-14)19-13-5-3-4-12(10-13)15-20-17(23-21-15)11-7-8-11/h3-5,10-11,14,18H,1-2,6-9H2,(H,19,22)/t14-/m1/s1. The fourth-order valence-corrected chi connectivity index (χ4v) is 2.89. The quantitative estimate of drug-likeness (QED) is 0.907. The summed E-state index contributed by atoms with van der Waals surface area (Å²) in [6, 6.07) is 7.50. The molecule has 0 unspecified atom stereocenters. The van der Waals surface area contributed by atoms with Gasteiger partial charge in [0.2, 0.25) is 17.6 Å². The summed E-state index contributed by atoms with van der Waals surface area (Å²) in [6.45, 7) is 0.908. The molecule has 0 bridgehead atoms. The van der Waals surface area contributed by atoms with Gasteiger partial charge in [0.15, 0.2) is 0 Å². The van der Waals surface area contributed by atoms with Crippen LogP contribution in [-0.4, -0.2) is 28.6 Å². The molecular formula is C17H20N4O2. The number of piperidine rings is 1. The van der Waals surface area contributed by atoms with Crippen LogP contribution < -0.4 is 10.6 Å². The van der Waals surface area contributed by atoms with Gasteiger partial charge in [-0.2, -0.15) is 4.98 Å². The van der Waals surface area contributed by atoms with Gasteiger partial charge in [0, 0.05) is 17.2 Å². The van der Waals surface area contributed by atoms with E-state index in [2.05, 4.69) is 20.8 Å². The lowest BCUT2D eigenvalue weighted by atomic mass is 10.0. The van der Waals surface area contributed by atoms with E-state index in [0.717, 1.165) is 55.8 Å². The topological polar surface area (TPSA) is 80.1 Å². The Labute approximate surface area is 134 Å². The third kappa shape index (κ3) is 3.27. The summed E-state index contributed by atoms with van der Waals surface area (Å²) >= 11 is 0. The number of hydrogen-bond acceptors (Lipinski definition) is 5. The van der Waals surface area contributed by atoms with E-state index in [9.17, 15) is 4.79 Å². The molecule has 120 valence electrons. The summed E-state index contributed by atoms with van der Waals surface area (Å²) < 4.78 is 5.30. The van der Waals surface area contributed by atoms with Crippen LogP contribution in [0.4, 0.5) is 5.69 Å². The second kappa shape index (κ2) is 6.12. The summed E-state index contributed by atoms with van der Waals surface area (Å²) in [4.78, 5) is 16.7. The Balaban J connectivity index is 1.47. The third-order valence-electron chi connectivity index (χ3n) is 4.38. The van der Waals surface area contributed by atoms with Crippen molar-refractivity contribution < 1.29 is 9.32 Å². The molecule has 6 nitrogen and oxygen atoms in total. The molecule has 1 aromatic carbocycles. The summed E-state index contributed by atoms with van der Waals surface area (Å²) in [5.74, 6) is 1.77. The van der Waals surface area contributed by atoms with Crippen molar-refractivity contribution in [2.45, 2.75) is 44.1 Å². The van der Waals surface area contributed by atoms with Crippen molar-refractivity contribution in [2.75, 3.05) is 11.9 Å². The zero-order valence-electron chi connectivity index (χ0n) is 12.9. The first-order valence-corrected chi connectivity index (χ1v) is 8.28. The van der Waals surface area contributed by atoms with Crippen molar-refractivity contribution in [3.8, 4) is 11.4 Å². The van der Waals surface area contributed by atoms with Gasteiger partial charge in [-0.1, -0.05) is 23.7 Å². The lowest BCUT2D eigenvalue weighted by Crippen LogP contribution is -2.43. The molecule has 1 atom stereocenters. The molecule has 1 aliphatic carbocycles. The third-order valence-corrected chi connectivity index (χ3v) is 4.38. The molecule has 0 spiro atoms. The molecule has 0 radical (unpaired) electrons. The predicted molar refractivity (Wildman–Crippen MR) is 86.0 cm³/mol. The molecule has 1 aromatic heterocycles. The van der Waals surface area contributed by atoms with Gasteiger partial charge in [-0.05, 0) is 44.4 Å². The zero-order chi connectivity index (χ0) is 15.6. The van der Waals surface area contributed by atoms with E-state index in [1.807, 2.05) is 24.3 Å². The highest BCUT2D eigenvalue weighted by Crippen LogP contribution is 2.39. The number of anilines is 1. The Morgan fingerprint density at radius 2 is 2.17 bits per heavy atom. The summed E-state index contributed by atoms with van der Waals surface area (Å²) in [5, 5.41) is 10.3. The number of hydrogen-bond donors (Lipinski definition) is 2. The van der Waals surface area contributed by atoms with Crippen molar-refractivity contribution in [1.29, 1.82) is 0 Å². The average molecular weight is 312 g/mol. The highest BCUT2D eigenvalue weighted by Gasteiger charge is 2.29. The second-order valence-electron chi connectivity index (χ2n) is 6.30. The van der Waals surface area contributed by atoms with E-state index in [0.29, 0.717) is 11.7 Å². The Morgan fingerprint density at radius 3 is 2.96 bits per heavy atom. The predicted octanol–water partition coefficient (Wildman–Crippen LogP) is 2.69. The Kier molecular flexibility index (Phi) is 3.83. The molecule has 1 saturated heterocycles. The van der Waals surface area contributed by atoms with Crippen LogP contribution in [0.2, 0.25) is 0 Å². The lowest BCUT2D eigenvalue weighted by molar-refractivity contribution is -0.118. The number of nitrogens with one attached hydrogen (secondary N) is 2. The van der Waals surface area contributed by atoms with Gasteiger partial charge in [0.1, 0.15) is 0 Å². The van der Waals surface area contributed by atoms with Crippen molar-refractivity contribution in [3.63, 3.8) is 0 Å². The van der Waals surface area contributed by atoms with E-state index < -0.39 is 0 Å². The maximum absolute atomic E-state index is 12.3. The molecule has 6 heteroatoms. The van der Waals surface area contributed by atoms with Gasteiger partial charge >= 0.3 is 0 Å². The summed E-state index contributed by atoms with van der Waals surface area (Å²) in [6.07, 6.45) is 5.39. The fraction of sp³-hybridized carbons (Fsp3) is 0.471. The van der Waals surface area contributed by atoms with Crippen molar-refractivity contribution in [1.82, 2.24) is 15.5 Å². The average Bonchev–Trinajstić information content (AvgIpc) is 3.33. The molecule has 4 rings (SSSR count). The normalized spacial score (nSPS) is 21.1. The van der Waals surface area contributed by atoms with Crippen molar-refractivity contribution in [3.05, 3.63) is 30.2 Å². The first-order valence-electron chi connectivity index (χ1n) is 8.28. The minimum absolute atomic E-state index is 0.0219. The molecule has 1 aliphatic heterocycles. The van der Waals surface area contributed by atoms with E-state index in [-0.39, 0.29) is 11.9 Å². The van der Waals surface area contributed by atoms with E-state index in [1.165, 1.54) is 0 Å². The van der Waals surface area contributed by atoms with Gasteiger partial charge < -0.3 is 15.2 Å². The molecule has 2 aromatic rings. The molecule has 23 heavy (non-hydrogen) atoms. The van der Waals surface area contributed by atoms with E-state index >= 15 is 0 Å². The van der Waals surface area contributed by atoms with Crippen LogP contribution in [0.15, 0.2) is 28.8 Å². The first kappa shape index (κ1) is 14.4. The van der Waals surface area contributed by atoms with Gasteiger partial charge in [0.25, 0.3) is 0 Å². The number of amides is 1. The van der Waals surface area contributed by atoms with Crippen molar-refractivity contribution >= 4 is 11.6 Å². The van der Waals surface area contributed by atoms with Gasteiger partial charge in [-0.25, -0.2) is 0 Å². The number of nitrogens with zero attached hydrogens (tertiary/aromatic N) is 2. The molecule has 2 N–H and O–H groups in total. The number of carbonyl (C=O) groups excluding carboxylic acids is 1. The SMILES string of the molecule is O=C(Nc1cccc(-c2noc(C3CC3)n2)c1)[C@H]1CCCCN1. The van der Waals surface area contributed by atoms with Crippen LogP contribution in [-0.2, 0) is 4.79 Å². The van der Waals surface area contributed by atoms with E-state index in [1.54, 1.807) is 0 Å². The first-order chi connectivity index (χ1) is 11.3. The Hall–Kier alpha value is -2.21. The molecule has 2 fully saturated rings. The van der Waals surface area contributed by atoms with Crippen LogP contribution >= 0.6 is 0 Å². The Morgan fingerprint density at radius 1 is 1.26 bits per heavy atom. The maximum Gasteiger partial charge on any atom is 0.241 e. The molecule has 2 heterocycles. The van der Waals surface area contributed by atoms with Crippen LogP contribution in [0.5, 0.6) is 0 Å². The molecule has 1 amide bonds. The minimum Gasteiger partial charge on any atom is -0.339 e. The lowest BCUT2D eigenvalue weighted by Gasteiger charge is -2.22. The minimum atomic E-state index is -0.0981. The number of aromatic nitrogens is 2. The highest BCUT2D eigenvalue weighted by molar-refractivity contribution is 5.95.